The smallest absolute Gasteiger partial charge is 0.462 e. The van der Waals surface area contributed by atoms with Crippen LogP contribution in [-0.4, -0.2) is 96.7 Å². The molecule has 5 atom stereocenters. The number of rotatable bonds is 75. The Labute approximate surface area is 599 Å². The van der Waals surface area contributed by atoms with Crippen LogP contribution in [0.25, 0.3) is 0 Å². The molecule has 0 bridgehead atoms. The first-order valence-corrected chi connectivity index (χ1v) is 43.2. The lowest BCUT2D eigenvalue weighted by molar-refractivity contribution is -0.161. The number of esters is 4. The van der Waals surface area contributed by atoms with Crippen LogP contribution >= 0.6 is 15.6 Å². The molecule has 0 spiro atoms. The van der Waals surface area contributed by atoms with Gasteiger partial charge in [0.25, 0.3) is 0 Å². The minimum absolute atomic E-state index is 0.101. The summed E-state index contributed by atoms with van der Waals surface area (Å²) >= 11 is 0. The Kier molecular flexibility index (Phi) is 67.2. The van der Waals surface area contributed by atoms with Gasteiger partial charge in [0.2, 0.25) is 0 Å². The molecule has 3 N–H and O–H groups in total. The van der Waals surface area contributed by atoms with Crippen LogP contribution < -0.4 is 0 Å². The highest BCUT2D eigenvalue weighted by Crippen LogP contribution is 2.45. The van der Waals surface area contributed by atoms with Gasteiger partial charge in [0.05, 0.1) is 26.4 Å². The highest BCUT2D eigenvalue weighted by Gasteiger charge is 2.30. The van der Waals surface area contributed by atoms with Gasteiger partial charge in [-0.3, -0.25) is 37.3 Å². The zero-order valence-electron chi connectivity index (χ0n) is 63.7. The van der Waals surface area contributed by atoms with Crippen molar-refractivity contribution in [2.75, 3.05) is 39.6 Å². The number of aliphatic hydroxyl groups is 1. The molecule has 0 aliphatic carbocycles. The number of hydrogen-bond donors (Lipinski definition) is 3. The van der Waals surface area contributed by atoms with Crippen LogP contribution in [0.5, 0.6) is 0 Å². The molecule has 0 aromatic carbocycles. The third kappa shape index (κ3) is 71.9. The van der Waals surface area contributed by atoms with Crippen LogP contribution in [0.3, 0.4) is 0 Å². The molecule has 0 aromatic heterocycles. The van der Waals surface area contributed by atoms with Crippen molar-refractivity contribution in [2.24, 2.45) is 17.8 Å². The van der Waals surface area contributed by atoms with E-state index in [4.69, 9.17) is 37.0 Å². The number of carbonyl (C=O) groups excluding carboxylic acids is 4. The van der Waals surface area contributed by atoms with E-state index in [1.807, 2.05) is 0 Å². The second-order valence-electron chi connectivity index (χ2n) is 29.2. The van der Waals surface area contributed by atoms with E-state index in [9.17, 15) is 43.2 Å². The number of ether oxygens (including phenoxy) is 4. The van der Waals surface area contributed by atoms with Gasteiger partial charge in [-0.2, -0.15) is 0 Å². The number of phosphoric ester groups is 2. The van der Waals surface area contributed by atoms with E-state index in [-0.39, 0.29) is 25.7 Å². The van der Waals surface area contributed by atoms with Crippen molar-refractivity contribution < 1.29 is 80.2 Å². The minimum atomic E-state index is -4.97. The van der Waals surface area contributed by atoms with Gasteiger partial charge < -0.3 is 33.8 Å². The van der Waals surface area contributed by atoms with E-state index in [0.29, 0.717) is 31.6 Å². The molecule has 0 fully saturated rings. The molecule has 0 heterocycles. The second-order valence-corrected chi connectivity index (χ2v) is 32.1. The number of unbranched alkanes of at least 4 members (excludes halogenated alkanes) is 40. The van der Waals surface area contributed by atoms with Crippen molar-refractivity contribution in [3.63, 3.8) is 0 Å². The summed E-state index contributed by atoms with van der Waals surface area (Å²) in [5.41, 5.74) is 0. The van der Waals surface area contributed by atoms with Crippen molar-refractivity contribution in [3.8, 4) is 0 Å². The number of carbonyl (C=O) groups is 4. The first kappa shape index (κ1) is 95.5. The van der Waals surface area contributed by atoms with Crippen molar-refractivity contribution in [1.29, 1.82) is 0 Å². The Morgan fingerprint density at radius 2 is 0.551 bits per heavy atom. The molecule has 17 nitrogen and oxygen atoms in total. The molecule has 0 rings (SSSR count). The summed E-state index contributed by atoms with van der Waals surface area (Å²) in [6.45, 7) is 11.8. The summed E-state index contributed by atoms with van der Waals surface area (Å²) in [4.78, 5) is 72.8. The van der Waals surface area contributed by atoms with E-state index >= 15 is 0 Å². The molecular weight excluding hydrogens is 1280 g/mol. The molecule has 0 radical (unpaired) electrons. The molecule has 0 aliphatic rings. The molecule has 2 unspecified atom stereocenters. The van der Waals surface area contributed by atoms with Gasteiger partial charge in [-0.25, -0.2) is 9.13 Å². The molecule has 98 heavy (non-hydrogen) atoms. The van der Waals surface area contributed by atoms with Crippen LogP contribution in [0, 0.1) is 17.8 Å². The zero-order valence-corrected chi connectivity index (χ0v) is 65.5. The van der Waals surface area contributed by atoms with Crippen LogP contribution in [0.15, 0.2) is 24.3 Å². The standard InChI is InChI=1S/C79H150O17P2/c1-8-9-10-11-12-13-14-15-20-24-27-33-38-46-53-60-76(81)89-66-74(95-78(83)62-55-48-39-34-28-25-22-19-17-16-18-21-23-26-31-36-43-50-57-70(2)3)68-93-97(85,86)91-64-73(80)65-92-98(87,88)94-69-75(67-90-77(82)61-54-47-42-41-45-52-59-72(6)7)96-79(84)63-56-49-40-35-30-29-32-37-44-51-58-71(4)5/h13-15,20,70-75,80H,8-12,16-19,21-69H2,1-7H3,(H,85,86)(H,87,88)/b14-13-,20-15-/t73-,74-,75-/m1/s1. The van der Waals surface area contributed by atoms with E-state index < -0.39 is 97.5 Å². The molecular formula is C79H150O17P2. The summed E-state index contributed by atoms with van der Waals surface area (Å²) in [6.07, 6.45) is 59.3. The van der Waals surface area contributed by atoms with E-state index in [0.717, 1.165) is 127 Å². The number of phosphoric acid groups is 2. The quantitative estimate of drug-likeness (QED) is 0.0169. The Hall–Kier alpha value is -2.46. The molecule has 0 saturated carbocycles. The SMILES string of the molecule is CCCCCC/C=C\C=C/CCCCCCCC(=O)OC[C@H](COP(=O)(O)OC[C@@H](O)COP(=O)(O)OC[C@@H](COC(=O)CCCCCCCCC(C)C)OC(=O)CCCCCCCCCCCCC(C)C)OC(=O)CCCCCCCCCCCCCCCCCCCCC(C)C. The molecule has 0 aromatic rings. The van der Waals surface area contributed by atoms with E-state index in [2.05, 4.69) is 72.8 Å². The van der Waals surface area contributed by atoms with E-state index in [1.54, 1.807) is 0 Å². The van der Waals surface area contributed by atoms with Gasteiger partial charge in [-0.05, 0) is 69.1 Å². The molecule has 0 aliphatic heterocycles. The first-order valence-electron chi connectivity index (χ1n) is 40.2. The number of allylic oxidation sites excluding steroid dienone is 4. The van der Waals surface area contributed by atoms with Crippen molar-refractivity contribution in [2.45, 2.75) is 401 Å². The maximum absolute atomic E-state index is 13.1. The Bertz CT molecular complexity index is 2000. The lowest BCUT2D eigenvalue weighted by Gasteiger charge is -2.21. The summed E-state index contributed by atoms with van der Waals surface area (Å²) in [5.74, 6) is 0.0994. The van der Waals surface area contributed by atoms with Crippen LogP contribution in [0.4, 0.5) is 0 Å². The third-order valence-electron chi connectivity index (χ3n) is 17.8. The van der Waals surface area contributed by atoms with Crippen molar-refractivity contribution >= 4 is 39.5 Å². The fourth-order valence-electron chi connectivity index (χ4n) is 11.6. The maximum atomic E-state index is 13.1. The summed E-state index contributed by atoms with van der Waals surface area (Å²) in [5, 5.41) is 10.6. The van der Waals surface area contributed by atoms with E-state index in [1.165, 1.54) is 167 Å². The monoisotopic (exact) mass is 1430 g/mol. The average molecular weight is 1430 g/mol. The zero-order chi connectivity index (χ0) is 72.3. The van der Waals surface area contributed by atoms with Gasteiger partial charge in [0.1, 0.15) is 19.3 Å². The Morgan fingerprint density at radius 3 is 0.827 bits per heavy atom. The fourth-order valence-corrected chi connectivity index (χ4v) is 13.2. The number of aliphatic hydroxyl groups excluding tert-OH is 1. The molecule has 19 heteroatoms. The van der Waals surface area contributed by atoms with Gasteiger partial charge in [0.15, 0.2) is 12.2 Å². The average Bonchev–Trinajstić information content (AvgIpc) is 0.972. The molecule has 578 valence electrons. The first-order chi connectivity index (χ1) is 47.2. The van der Waals surface area contributed by atoms with Gasteiger partial charge in [-0.15, -0.1) is 0 Å². The minimum Gasteiger partial charge on any atom is -0.462 e. The molecule has 0 amide bonds. The van der Waals surface area contributed by atoms with Crippen molar-refractivity contribution in [1.82, 2.24) is 0 Å². The Morgan fingerprint density at radius 1 is 0.316 bits per heavy atom. The van der Waals surface area contributed by atoms with Gasteiger partial charge in [0, 0.05) is 25.7 Å². The van der Waals surface area contributed by atoms with Crippen LogP contribution in [-0.2, 0) is 65.4 Å². The highest BCUT2D eigenvalue weighted by molar-refractivity contribution is 7.47. The third-order valence-corrected chi connectivity index (χ3v) is 19.7. The largest absolute Gasteiger partial charge is 0.472 e. The summed E-state index contributed by atoms with van der Waals surface area (Å²) in [7, 11) is -9.93. The second kappa shape index (κ2) is 68.9. The topological polar surface area (TPSA) is 237 Å². The lowest BCUT2D eigenvalue weighted by Crippen LogP contribution is -2.30. The lowest BCUT2D eigenvalue weighted by atomic mass is 10.0. The predicted molar refractivity (Wildman–Crippen MR) is 400 cm³/mol. The highest BCUT2D eigenvalue weighted by atomic mass is 31.2. The predicted octanol–water partition coefficient (Wildman–Crippen LogP) is 22.9. The summed E-state index contributed by atoms with van der Waals surface area (Å²) in [6, 6.07) is 0. The van der Waals surface area contributed by atoms with Gasteiger partial charge >= 0.3 is 39.5 Å². The normalized spacial score (nSPS) is 14.2. The fraction of sp³-hybridized carbons (Fsp3) is 0.899. The van der Waals surface area contributed by atoms with Crippen LogP contribution in [0.1, 0.15) is 382 Å². The Balaban J connectivity index is 5.24. The van der Waals surface area contributed by atoms with Crippen LogP contribution in [0.2, 0.25) is 0 Å². The summed E-state index contributed by atoms with van der Waals surface area (Å²) < 4.78 is 68.5. The van der Waals surface area contributed by atoms with Gasteiger partial charge in [-0.1, -0.05) is 330 Å². The molecule has 0 saturated heterocycles. The van der Waals surface area contributed by atoms with Crippen molar-refractivity contribution in [3.05, 3.63) is 24.3 Å². The maximum Gasteiger partial charge on any atom is 0.472 e. The number of hydrogen-bond acceptors (Lipinski definition) is 15.